The Morgan fingerprint density at radius 1 is 1.35 bits per heavy atom. The number of anilines is 2. The number of nitrogens with one attached hydrogen (secondary N) is 2. The lowest BCUT2D eigenvalue weighted by atomic mass is 10.2. The molecule has 31 heavy (non-hydrogen) atoms. The molecule has 2 atom stereocenters. The molecule has 1 unspecified atom stereocenters. The number of hydrogen-bond donors (Lipinski definition) is 4. The zero-order valence-corrected chi connectivity index (χ0v) is 18.0. The van der Waals surface area contributed by atoms with E-state index in [2.05, 4.69) is 10.7 Å². The Kier molecular flexibility index (Phi) is 7.67. The van der Waals surface area contributed by atoms with Gasteiger partial charge in [-0.15, -0.1) is 4.41 Å². The van der Waals surface area contributed by atoms with Crippen LogP contribution in [0.3, 0.4) is 0 Å². The molecule has 2 aliphatic rings. The number of hydrazine groups is 1. The summed E-state index contributed by atoms with van der Waals surface area (Å²) >= 11 is 0. The number of carbonyl (C=O) groups is 1. The smallest absolute Gasteiger partial charge is 0.238 e. The van der Waals surface area contributed by atoms with Crippen LogP contribution in [0.15, 0.2) is 18.2 Å². The van der Waals surface area contributed by atoms with Gasteiger partial charge in [0.15, 0.2) is 0 Å². The van der Waals surface area contributed by atoms with E-state index in [0.717, 1.165) is 4.41 Å². The van der Waals surface area contributed by atoms with E-state index in [9.17, 15) is 22.7 Å². The van der Waals surface area contributed by atoms with E-state index in [4.69, 9.17) is 9.84 Å². The summed E-state index contributed by atoms with van der Waals surface area (Å²) in [5.41, 5.74) is 3.54. The summed E-state index contributed by atoms with van der Waals surface area (Å²) in [6.45, 7) is 2.47. The standard InChI is InChI=1S/C18H28FN5O6S/c1-13(26)20-11-15-12-23(18(27)30-15)14-2-3-17(16(19)10-14)22-5-4-21-24(7-6-22)31(28,29)9-8-25/h2-3,10,15,18,21,25,27H,4-9,11-12H2,1H3,(H,20,26)/t15-,18?/m0/s1. The van der Waals surface area contributed by atoms with Crippen LogP contribution in [0.5, 0.6) is 0 Å². The molecule has 11 nitrogen and oxygen atoms in total. The van der Waals surface area contributed by atoms with E-state index in [1.165, 1.54) is 17.9 Å². The van der Waals surface area contributed by atoms with Crippen LogP contribution >= 0.6 is 0 Å². The van der Waals surface area contributed by atoms with E-state index in [1.54, 1.807) is 17.0 Å². The van der Waals surface area contributed by atoms with Crippen LogP contribution in [0, 0.1) is 5.82 Å². The number of hydrogen-bond acceptors (Lipinski definition) is 9. The number of rotatable bonds is 7. The van der Waals surface area contributed by atoms with Gasteiger partial charge in [0, 0.05) is 45.3 Å². The summed E-state index contributed by atoms with van der Waals surface area (Å²) in [7, 11) is -3.63. The largest absolute Gasteiger partial charge is 0.395 e. The van der Waals surface area contributed by atoms with Gasteiger partial charge in [-0.25, -0.2) is 18.2 Å². The molecular formula is C18H28FN5O6S. The molecule has 13 heteroatoms. The topological polar surface area (TPSA) is 135 Å². The van der Waals surface area contributed by atoms with Crippen molar-refractivity contribution in [3.63, 3.8) is 0 Å². The van der Waals surface area contributed by atoms with E-state index in [1.807, 2.05) is 0 Å². The third-order valence-electron chi connectivity index (χ3n) is 5.09. The molecule has 3 rings (SSSR count). The molecule has 0 aliphatic carbocycles. The number of aliphatic hydroxyl groups is 2. The highest BCUT2D eigenvalue weighted by molar-refractivity contribution is 7.89. The second kappa shape index (κ2) is 10.1. The molecule has 1 aromatic carbocycles. The van der Waals surface area contributed by atoms with Gasteiger partial charge in [-0.3, -0.25) is 4.79 Å². The van der Waals surface area contributed by atoms with Crippen molar-refractivity contribution in [2.24, 2.45) is 0 Å². The highest BCUT2D eigenvalue weighted by atomic mass is 32.2. The summed E-state index contributed by atoms with van der Waals surface area (Å²) in [6.07, 6.45) is -1.68. The number of aliphatic hydroxyl groups excluding tert-OH is 2. The third kappa shape index (κ3) is 5.81. The Bertz CT molecular complexity index is 888. The second-order valence-electron chi connectivity index (χ2n) is 7.32. The van der Waals surface area contributed by atoms with Crippen LogP contribution in [0.2, 0.25) is 0 Å². The van der Waals surface area contributed by atoms with E-state index in [0.29, 0.717) is 17.9 Å². The fourth-order valence-electron chi connectivity index (χ4n) is 3.55. The molecule has 1 aromatic rings. The molecule has 0 spiro atoms. The van der Waals surface area contributed by atoms with Crippen molar-refractivity contribution in [3.8, 4) is 0 Å². The highest BCUT2D eigenvalue weighted by Gasteiger charge is 2.32. The van der Waals surface area contributed by atoms with E-state index < -0.39 is 35.0 Å². The Balaban J connectivity index is 1.66. The Labute approximate surface area is 180 Å². The normalized spacial score (nSPS) is 23.1. The van der Waals surface area contributed by atoms with Crippen molar-refractivity contribution in [1.29, 1.82) is 0 Å². The van der Waals surface area contributed by atoms with Crippen molar-refractivity contribution >= 4 is 27.3 Å². The van der Waals surface area contributed by atoms with Crippen molar-refractivity contribution in [2.45, 2.75) is 19.4 Å². The molecule has 0 aromatic heterocycles. The lowest BCUT2D eigenvalue weighted by molar-refractivity contribution is -0.121. The number of halogens is 1. The highest BCUT2D eigenvalue weighted by Crippen LogP contribution is 2.29. The van der Waals surface area contributed by atoms with Crippen LogP contribution in [0.1, 0.15) is 6.92 Å². The first-order valence-corrected chi connectivity index (χ1v) is 11.6. The number of carbonyl (C=O) groups excluding carboxylic acids is 1. The third-order valence-corrected chi connectivity index (χ3v) is 6.77. The first-order chi connectivity index (χ1) is 14.7. The first kappa shape index (κ1) is 23.6. The SMILES string of the molecule is CC(=O)NC[C@H]1CN(c2ccc(N3CCNN(S(=O)(=O)CCO)CC3)c(F)c2)C(O)O1. The minimum atomic E-state index is -3.63. The Morgan fingerprint density at radius 2 is 2.13 bits per heavy atom. The van der Waals surface area contributed by atoms with E-state index in [-0.39, 0.29) is 44.4 Å². The number of benzene rings is 1. The molecule has 0 bridgehead atoms. The summed E-state index contributed by atoms with van der Waals surface area (Å²) < 4.78 is 45.6. The average Bonchev–Trinajstić information content (AvgIpc) is 2.90. The zero-order chi connectivity index (χ0) is 22.6. The molecule has 2 aliphatic heterocycles. The molecule has 174 valence electrons. The van der Waals surface area contributed by atoms with Crippen molar-refractivity contribution in [2.75, 3.05) is 61.4 Å². The van der Waals surface area contributed by atoms with Crippen molar-refractivity contribution in [1.82, 2.24) is 15.2 Å². The van der Waals surface area contributed by atoms with Gasteiger partial charge >= 0.3 is 0 Å². The maximum atomic E-state index is 14.9. The predicted molar refractivity (Wildman–Crippen MR) is 111 cm³/mol. The number of nitrogens with zero attached hydrogens (tertiary/aromatic N) is 3. The quantitative estimate of drug-likeness (QED) is 0.378. The van der Waals surface area contributed by atoms with Crippen molar-refractivity contribution in [3.05, 3.63) is 24.0 Å². The van der Waals surface area contributed by atoms with Gasteiger partial charge < -0.3 is 30.1 Å². The lowest BCUT2D eigenvalue weighted by Crippen LogP contribution is -2.45. The monoisotopic (exact) mass is 461 g/mol. The van der Waals surface area contributed by atoms with Gasteiger partial charge in [-0.2, -0.15) is 0 Å². The van der Waals surface area contributed by atoms with Gasteiger partial charge in [-0.05, 0) is 18.2 Å². The Hall–Kier alpha value is -2.03. The summed E-state index contributed by atoms with van der Waals surface area (Å²) in [4.78, 5) is 14.3. The van der Waals surface area contributed by atoms with Gasteiger partial charge in [0.05, 0.1) is 30.7 Å². The summed E-state index contributed by atoms with van der Waals surface area (Å²) in [5.74, 6) is -1.10. The first-order valence-electron chi connectivity index (χ1n) is 9.95. The van der Waals surface area contributed by atoms with Gasteiger partial charge in [0.2, 0.25) is 22.3 Å². The zero-order valence-electron chi connectivity index (χ0n) is 17.2. The number of sulfonamides is 1. The van der Waals surface area contributed by atoms with Crippen molar-refractivity contribution < 1.29 is 32.6 Å². The molecule has 2 heterocycles. The maximum absolute atomic E-state index is 14.9. The molecule has 2 saturated heterocycles. The predicted octanol–water partition coefficient (Wildman–Crippen LogP) is -1.61. The van der Waals surface area contributed by atoms with Crippen LogP contribution in [-0.2, 0) is 19.6 Å². The molecule has 0 saturated carbocycles. The number of ether oxygens (including phenoxy) is 1. The summed E-state index contributed by atoms with van der Waals surface area (Å²) in [6, 6.07) is 4.53. The minimum Gasteiger partial charge on any atom is -0.395 e. The van der Waals surface area contributed by atoms with Gasteiger partial charge in [-0.1, -0.05) is 0 Å². The minimum absolute atomic E-state index is 0.104. The summed E-state index contributed by atoms with van der Waals surface area (Å²) in [5, 5.41) is 21.7. The van der Waals surface area contributed by atoms with Crippen LogP contribution in [0.4, 0.5) is 15.8 Å². The Morgan fingerprint density at radius 3 is 2.81 bits per heavy atom. The fourth-order valence-corrected chi connectivity index (χ4v) is 4.65. The maximum Gasteiger partial charge on any atom is 0.238 e. The second-order valence-corrected chi connectivity index (χ2v) is 9.33. The molecule has 4 N–H and O–H groups in total. The molecular weight excluding hydrogens is 433 g/mol. The number of amides is 1. The van der Waals surface area contributed by atoms with Gasteiger partial charge in [0.25, 0.3) is 0 Å². The van der Waals surface area contributed by atoms with Crippen LogP contribution < -0.4 is 20.5 Å². The van der Waals surface area contributed by atoms with Crippen LogP contribution in [-0.4, -0.2) is 93.1 Å². The van der Waals surface area contributed by atoms with E-state index >= 15 is 0 Å². The van der Waals surface area contributed by atoms with Crippen LogP contribution in [0.25, 0.3) is 0 Å². The fraction of sp³-hybridized carbons (Fsp3) is 0.611. The molecule has 2 fully saturated rings. The van der Waals surface area contributed by atoms with Gasteiger partial charge in [0.1, 0.15) is 5.82 Å². The lowest BCUT2D eigenvalue weighted by Gasteiger charge is -2.25. The molecule has 0 radical (unpaired) electrons. The average molecular weight is 462 g/mol. The molecule has 1 amide bonds.